The van der Waals surface area contributed by atoms with Crippen LogP contribution in [0.25, 0.3) is 0 Å². The van der Waals surface area contributed by atoms with E-state index in [-0.39, 0.29) is 24.1 Å². The number of nitrogens with zero attached hydrogens (tertiary/aromatic N) is 1. The van der Waals surface area contributed by atoms with Gasteiger partial charge in [0, 0.05) is 18.5 Å². The van der Waals surface area contributed by atoms with Gasteiger partial charge in [0.15, 0.2) is 11.6 Å². The Labute approximate surface area is 114 Å². The van der Waals surface area contributed by atoms with Crippen LogP contribution in [0.1, 0.15) is 20.3 Å². The zero-order valence-corrected chi connectivity index (χ0v) is 11.6. The fraction of sp³-hybridized carbons (Fsp3) is 0.600. The van der Waals surface area contributed by atoms with Crippen molar-refractivity contribution in [3.63, 3.8) is 0 Å². The molecule has 2 rings (SSSR count). The van der Waals surface area contributed by atoms with Crippen molar-refractivity contribution < 1.29 is 14.2 Å². The van der Waals surface area contributed by atoms with Crippen LogP contribution in [-0.2, 0) is 0 Å². The van der Waals surface area contributed by atoms with Crippen molar-refractivity contribution in [3.8, 4) is 5.75 Å². The maximum absolute atomic E-state index is 13.4. The number of aliphatic hydroxyl groups is 1. The van der Waals surface area contributed by atoms with E-state index in [2.05, 4.69) is 18.7 Å². The summed E-state index contributed by atoms with van der Waals surface area (Å²) in [6.45, 7) is 6.37. The van der Waals surface area contributed by atoms with Crippen molar-refractivity contribution in [1.29, 1.82) is 0 Å². The average molecular weight is 267 g/mol. The van der Waals surface area contributed by atoms with Gasteiger partial charge in [0.2, 0.25) is 0 Å². The van der Waals surface area contributed by atoms with E-state index in [1.54, 1.807) is 18.2 Å². The monoisotopic (exact) mass is 267 g/mol. The van der Waals surface area contributed by atoms with Gasteiger partial charge < -0.3 is 14.7 Å². The van der Waals surface area contributed by atoms with Gasteiger partial charge in [-0.15, -0.1) is 0 Å². The molecule has 1 N–H and O–H groups in total. The molecule has 2 unspecified atom stereocenters. The maximum Gasteiger partial charge on any atom is 0.165 e. The number of hydrogen-bond acceptors (Lipinski definition) is 3. The molecule has 0 bridgehead atoms. The van der Waals surface area contributed by atoms with Crippen LogP contribution in [-0.4, -0.2) is 41.8 Å². The molecule has 4 heteroatoms. The molecule has 0 amide bonds. The van der Waals surface area contributed by atoms with Gasteiger partial charge in [-0.05, 0) is 38.9 Å². The molecule has 0 aliphatic carbocycles. The number of para-hydroxylation sites is 1. The van der Waals surface area contributed by atoms with E-state index in [1.807, 2.05) is 0 Å². The van der Waals surface area contributed by atoms with Gasteiger partial charge in [-0.2, -0.15) is 0 Å². The summed E-state index contributed by atoms with van der Waals surface area (Å²) in [6.07, 6.45) is 0.434. The van der Waals surface area contributed by atoms with Crippen molar-refractivity contribution in [3.05, 3.63) is 30.1 Å². The summed E-state index contributed by atoms with van der Waals surface area (Å²) in [5.41, 5.74) is 0. The molecule has 3 nitrogen and oxygen atoms in total. The van der Waals surface area contributed by atoms with Crippen LogP contribution in [0.3, 0.4) is 0 Å². The van der Waals surface area contributed by atoms with Crippen molar-refractivity contribution in [2.75, 3.05) is 19.7 Å². The lowest BCUT2D eigenvalue weighted by molar-refractivity contribution is 0.0569. The SMILES string of the molecule is CC(C)N1CCC(C(O)COc2ccccc2F)C1. The third-order valence-corrected chi connectivity index (χ3v) is 3.78. The molecular formula is C15H22FNO2. The number of rotatable bonds is 5. The van der Waals surface area contributed by atoms with Gasteiger partial charge in [-0.25, -0.2) is 4.39 Å². The molecule has 1 fully saturated rings. The van der Waals surface area contributed by atoms with Gasteiger partial charge in [0.25, 0.3) is 0 Å². The van der Waals surface area contributed by atoms with E-state index in [1.165, 1.54) is 6.07 Å². The smallest absolute Gasteiger partial charge is 0.165 e. The molecule has 1 aliphatic heterocycles. The predicted molar refractivity (Wildman–Crippen MR) is 72.7 cm³/mol. The minimum Gasteiger partial charge on any atom is -0.488 e. The molecule has 0 spiro atoms. The summed E-state index contributed by atoms with van der Waals surface area (Å²) < 4.78 is 18.7. The minimum atomic E-state index is -0.539. The van der Waals surface area contributed by atoms with Crippen LogP contribution >= 0.6 is 0 Å². The minimum absolute atomic E-state index is 0.150. The van der Waals surface area contributed by atoms with Crippen molar-refractivity contribution in [2.24, 2.45) is 5.92 Å². The number of benzene rings is 1. The first-order valence-electron chi connectivity index (χ1n) is 6.87. The number of halogens is 1. The third-order valence-electron chi connectivity index (χ3n) is 3.78. The Bertz CT molecular complexity index is 411. The van der Waals surface area contributed by atoms with E-state index >= 15 is 0 Å². The second kappa shape index (κ2) is 6.35. The molecule has 106 valence electrons. The topological polar surface area (TPSA) is 32.7 Å². The summed E-state index contributed by atoms with van der Waals surface area (Å²) in [4.78, 5) is 2.34. The summed E-state index contributed by atoms with van der Waals surface area (Å²) in [7, 11) is 0. The molecule has 0 aromatic heterocycles. The Balaban J connectivity index is 1.82. The average Bonchev–Trinajstić information content (AvgIpc) is 2.87. The van der Waals surface area contributed by atoms with Crippen molar-refractivity contribution in [2.45, 2.75) is 32.4 Å². The summed E-state index contributed by atoms with van der Waals surface area (Å²) in [5.74, 6) is 0.0411. The zero-order chi connectivity index (χ0) is 13.8. The molecule has 1 aromatic carbocycles. The van der Waals surface area contributed by atoms with Gasteiger partial charge >= 0.3 is 0 Å². The molecule has 0 saturated carbocycles. The van der Waals surface area contributed by atoms with Gasteiger partial charge in [-0.1, -0.05) is 12.1 Å². The van der Waals surface area contributed by atoms with E-state index in [4.69, 9.17) is 4.74 Å². The van der Waals surface area contributed by atoms with E-state index in [0.29, 0.717) is 6.04 Å². The summed E-state index contributed by atoms with van der Waals surface area (Å²) in [5, 5.41) is 10.1. The second-order valence-electron chi connectivity index (χ2n) is 5.45. The lowest BCUT2D eigenvalue weighted by Gasteiger charge is -2.22. The van der Waals surface area contributed by atoms with Crippen LogP contribution < -0.4 is 4.74 Å². The highest BCUT2D eigenvalue weighted by atomic mass is 19.1. The maximum atomic E-state index is 13.4. The quantitative estimate of drug-likeness (QED) is 0.888. The van der Waals surface area contributed by atoms with Crippen molar-refractivity contribution >= 4 is 0 Å². The van der Waals surface area contributed by atoms with Crippen LogP contribution in [0, 0.1) is 11.7 Å². The standard InChI is InChI=1S/C15H22FNO2/c1-11(2)17-8-7-12(9-17)14(18)10-19-15-6-4-3-5-13(15)16/h3-6,11-12,14,18H,7-10H2,1-2H3. The summed E-state index contributed by atoms with van der Waals surface area (Å²) in [6, 6.07) is 6.79. The van der Waals surface area contributed by atoms with Crippen LogP contribution in [0.15, 0.2) is 24.3 Å². The van der Waals surface area contributed by atoms with Crippen LogP contribution in [0.2, 0.25) is 0 Å². The lowest BCUT2D eigenvalue weighted by Crippen LogP contribution is -2.33. The number of hydrogen-bond donors (Lipinski definition) is 1. The highest BCUT2D eigenvalue weighted by Crippen LogP contribution is 2.23. The molecule has 1 heterocycles. The van der Waals surface area contributed by atoms with Crippen LogP contribution in [0.5, 0.6) is 5.75 Å². The van der Waals surface area contributed by atoms with Gasteiger partial charge in [-0.3, -0.25) is 0 Å². The largest absolute Gasteiger partial charge is 0.488 e. The lowest BCUT2D eigenvalue weighted by atomic mass is 10.0. The first-order valence-corrected chi connectivity index (χ1v) is 6.87. The summed E-state index contributed by atoms with van der Waals surface area (Å²) >= 11 is 0. The molecule has 1 saturated heterocycles. The fourth-order valence-corrected chi connectivity index (χ4v) is 2.47. The molecule has 19 heavy (non-hydrogen) atoms. The Morgan fingerprint density at radius 1 is 1.42 bits per heavy atom. The Kier molecular flexibility index (Phi) is 4.77. The Morgan fingerprint density at radius 3 is 2.79 bits per heavy atom. The highest BCUT2D eigenvalue weighted by molar-refractivity contribution is 5.23. The Hall–Kier alpha value is -1.13. The van der Waals surface area contributed by atoms with Gasteiger partial charge in [0.05, 0.1) is 6.10 Å². The van der Waals surface area contributed by atoms with Crippen molar-refractivity contribution in [1.82, 2.24) is 4.90 Å². The van der Waals surface area contributed by atoms with E-state index in [0.717, 1.165) is 19.5 Å². The first kappa shape index (κ1) is 14.3. The Morgan fingerprint density at radius 2 is 2.16 bits per heavy atom. The number of likely N-dealkylation sites (tertiary alicyclic amines) is 1. The molecule has 1 aromatic rings. The van der Waals surface area contributed by atoms with Crippen LogP contribution in [0.4, 0.5) is 4.39 Å². The zero-order valence-electron chi connectivity index (χ0n) is 11.6. The fourth-order valence-electron chi connectivity index (χ4n) is 2.47. The molecule has 1 aliphatic rings. The number of ether oxygens (including phenoxy) is 1. The van der Waals surface area contributed by atoms with Gasteiger partial charge in [0.1, 0.15) is 6.61 Å². The second-order valence-corrected chi connectivity index (χ2v) is 5.45. The van der Waals surface area contributed by atoms with E-state index in [9.17, 15) is 9.50 Å². The third kappa shape index (κ3) is 3.67. The molecule has 2 atom stereocenters. The molecular weight excluding hydrogens is 245 g/mol. The predicted octanol–water partition coefficient (Wildman–Crippen LogP) is 2.30. The van der Waals surface area contributed by atoms with E-state index < -0.39 is 6.10 Å². The molecule has 0 radical (unpaired) electrons. The normalized spacial score (nSPS) is 21.8. The first-order chi connectivity index (χ1) is 9.08. The number of aliphatic hydroxyl groups excluding tert-OH is 1. The highest BCUT2D eigenvalue weighted by Gasteiger charge is 2.29.